The Kier molecular flexibility index (Phi) is 4.64. The van der Waals surface area contributed by atoms with Gasteiger partial charge in [0, 0.05) is 6.07 Å². The summed E-state index contributed by atoms with van der Waals surface area (Å²) in [5.74, 6) is 0.460. The molecule has 0 aliphatic heterocycles. The Bertz CT molecular complexity index is 956. The lowest BCUT2D eigenvalue weighted by Gasteiger charge is -2.14. The van der Waals surface area contributed by atoms with Crippen molar-refractivity contribution in [1.82, 2.24) is 0 Å². The molecule has 1 heterocycles. The van der Waals surface area contributed by atoms with Crippen molar-refractivity contribution in [2.24, 2.45) is 7.05 Å². The lowest BCUT2D eigenvalue weighted by Crippen LogP contribution is -2.31. The fourth-order valence-electron chi connectivity index (χ4n) is 3.57. The molecule has 25 heavy (non-hydrogen) atoms. The van der Waals surface area contributed by atoms with E-state index in [0.29, 0.717) is 11.5 Å². The van der Waals surface area contributed by atoms with Gasteiger partial charge in [-0.3, -0.25) is 0 Å². The molecule has 0 saturated heterocycles. The minimum Gasteiger partial charge on any atom is -0.206 e. The van der Waals surface area contributed by atoms with Crippen LogP contribution < -0.4 is 4.57 Å². The molecule has 0 bridgehead atoms. The lowest BCUT2D eigenvalue weighted by molar-refractivity contribution is -0.659. The fourth-order valence-corrected chi connectivity index (χ4v) is 3.57. The fraction of sp³-hybridized carbons (Fsp3) is 0.348. The van der Waals surface area contributed by atoms with Crippen molar-refractivity contribution in [3.05, 3.63) is 64.6 Å². The average Bonchev–Trinajstić information content (AvgIpc) is 2.62. The predicted molar refractivity (Wildman–Crippen MR) is 103 cm³/mol. The number of hydrogen-bond donors (Lipinski definition) is 0. The van der Waals surface area contributed by atoms with Crippen molar-refractivity contribution in [1.29, 1.82) is 0 Å². The highest BCUT2D eigenvalue weighted by Gasteiger charge is 2.21. The quantitative estimate of drug-likeness (QED) is 0.524. The van der Waals surface area contributed by atoms with Crippen LogP contribution in [0.5, 0.6) is 0 Å². The number of pyridine rings is 1. The van der Waals surface area contributed by atoms with Crippen LogP contribution in [0.15, 0.2) is 36.5 Å². The molecule has 0 N–H and O–H groups in total. The number of halogens is 1. The van der Waals surface area contributed by atoms with Crippen LogP contribution in [0.4, 0.5) is 4.39 Å². The summed E-state index contributed by atoms with van der Waals surface area (Å²) >= 11 is 0. The molecule has 0 saturated carbocycles. The Labute approximate surface area is 150 Å². The molecule has 3 rings (SSSR count). The van der Waals surface area contributed by atoms with Crippen LogP contribution in [-0.4, -0.2) is 0 Å². The van der Waals surface area contributed by atoms with Gasteiger partial charge in [-0.05, 0) is 72.9 Å². The second-order valence-corrected chi connectivity index (χ2v) is 7.24. The third-order valence-corrected chi connectivity index (χ3v) is 5.60. The predicted octanol–water partition coefficient (Wildman–Crippen LogP) is 5.91. The number of benzene rings is 2. The molecule has 2 aromatic carbocycles. The van der Waals surface area contributed by atoms with Crippen LogP contribution in [0, 0.1) is 26.6 Å². The van der Waals surface area contributed by atoms with Crippen molar-refractivity contribution < 1.29 is 8.96 Å². The van der Waals surface area contributed by atoms with Gasteiger partial charge in [-0.25, -0.2) is 8.96 Å². The van der Waals surface area contributed by atoms with Gasteiger partial charge in [0.2, 0.25) is 5.69 Å². The summed E-state index contributed by atoms with van der Waals surface area (Å²) in [7, 11) is 2.06. The minimum atomic E-state index is -0.0943. The highest BCUT2D eigenvalue weighted by Crippen LogP contribution is 2.33. The Morgan fingerprint density at radius 1 is 1.04 bits per heavy atom. The second-order valence-electron chi connectivity index (χ2n) is 7.24. The summed E-state index contributed by atoms with van der Waals surface area (Å²) in [6.45, 7) is 10.2. The molecule has 1 atom stereocenters. The number of aromatic nitrogens is 1. The van der Waals surface area contributed by atoms with Crippen molar-refractivity contribution in [2.75, 3.05) is 0 Å². The summed E-state index contributed by atoms with van der Waals surface area (Å²) in [6, 6.07) is 10.9. The maximum Gasteiger partial charge on any atom is 0.220 e. The van der Waals surface area contributed by atoms with Crippen LogP contribution >= 0.6 is 0 Å². The summed E-state index contributed by atoms with van der Waals surface area (Å²) in [4.78, 5) is 0. The first-order chi connectivity index (χ1) is 11.8. The van der Waals surface area contributed by atoms with Crippen molar-refractivity contribution in [3.8, 4) is 11.3 Å². The molecule has 2 heteroatoms. The third kappa shape index (κ3) is 2.95. The second kappa shape index (κ2) is 6.59. The molecule has 1 nitrogen and oxygen atoms in total. The largest absolute Gasteiger partial charge is 0.220 e. The van der Waals surface area contributed by atoms with E-state index < -0.39 is 0 Å². The Morgan fingerprint density at radius 2 is 1.76 bits per heavy atom. The van der Waals surface area contributed by atoms with Crippen LogP contribution in [0.3, 0.4) is 0 Å². The molecule has 0 aliphatic carbocycles. The Balaban J connectivity index is 2.32. The van der Waals surface area contributed by atoms with Crippen LogP contribution in [0.1, 0.15) is 48.4 Å². The van der Waals surface area contributed by atoms with E-state index >= 15 is 0 Å². The van der Waals surface area contributed by atoms with Crippen molar-refractivity contribution >= 4 is 10.8 Å². The highest BCUT2D eigenvalue weighted by atomic mass is 19.1. The normalized spacial score (nSPS) is 12.6. The van der Waals surface area contributed by atoms with Gasteiger partial charge in [0.05, 0.1) is 10.9 Å². The molecular formula is C23H27FN+. The van der Waals surface area contributed by atoms with E-state index in [1.807, 2.05) is 26.8 Å². The Morgan fingerprint density at radius 3 is 2.44 bits per heavy atom. The molecule has 1 unspecified atom stereocenters. The molecule has 3 aromatic rings. The summed E-state index contributed by atoms with van der Waals surface area (Å²) in [5.41, 5.74) is 6.09. The first-order valence-electron chi connectivity index (χ1n) is 9.04. The number of rotatable bonds is 3. The highest BCUT2D eigenvalue weighted by molar-refractivity contribution is 5.94. The average molecular weight is 336 g/mol. The Hall–Kier alpha value is -2.22. The molecule has 0 fully saturated rings. The van der Waals surface area contributed by atoms with E-state index in [1.165, 1.54) is 16.3 Å². The number of aryl methyl sites for hydroxylation is 2. The number of nitrogens with zero attached hydrogens (tertiary/aromatic N) is 1. The first kappa shape index (κ1) is 17.6. The van der Waals surface area contributed by atoms with E-state index in [9.17, 15) is 4.39 Å². The van der Waals surface area contributed by atoms with Crippen LogP contribution in [0.2, 0.25) is 0 Å². The molecule has 1 aromatic heterocycles. The van der Waals surface area contributed by atoms with Gasteiger partial charge in [0.15, 0.2) is 6.20 Å². The van der Waals surface area contributed by atoms with Crippen molar-refractivity contribution in [3.63, 3.8) is 0 Å². The molecule has 0 amide bonds. The summed E-state index contributed by atoms with van der Waals surface area (Å²) < 4.78 is 16.4. The molecule has 0 spiro atoms. The maximum absolute atomic E-state index is 14.3. The SMILES string of the molecule is CCC(C)c1ccc2c(-c3cc(C)c(F)c(C)c3C)[n+](C)ccc2c1. The smallest absolute Gasteiger partial charge is 0.206 e. The van der Waals surface area contributed by atoms with Gasteiger partial charge >= 0.3 is 0 Å². The van der Waals surface area contributed by atoms with Crippen LogP contribution in [-0.2, 0) is 7.05 Å². The standard InChI is InChI=1S/C23H27FN/c1-7-14(2)18-8-9-20-19(13-18)10-11-25(6)23(20)21-12-15(3)22(24)17(5)16(21)4/h8-14H,7H2,1-6H3/q+1. The van der Waals surface area contributed by atoms with Gasteiger partial charge in [-0.15, -0.1) is 0 Å². The van der Waals surface area contributed by atoms with E-state index in [0.717, 1.165) is 28.8 Å². The van der Waals surface area contributed by atoms with Gasteiger partial charge in [0.1, 0.15) is 12.9 Å². The summed E-state index contributed by atoms with van der Waals surface area (Å²) in [5, 5.41) is 2.45. The third-order valence-electron chi connectivity index (χ3n) is 5.60. The zero-order valence-electron chi connectivity index (χ0n) is 16.1. The van der Waals surface area contributed by atoms with E-state index in [-0.39, 0.29) is 5.82 Å². The number of fused-ring (bicyclic) bond motifs is 1. The zero-order chi connectivity index (χ0) is 18.3. The molecule has 0 aliphatic rings. The maximum atomic E-state index is 14.3. The van der Waals surface area contributed by atoms with Gasteiger partial charge in [-0.1, -0.05) is 26.0 Å². The summed E-state index contributed by atoms with van der Waals surface area (Å²) in [6.07, 6.45) is 3.24. The lowest BCUT2D eigenvalue weighted by atomic mass is 9.92. The van der Waals surface area contributed by atoms with Crippen molar-refractivity contribution in [2.45, 2.75) is 47.0 Å². The molecule has 130 valence electrons. The monoisotopic (exact) mass is 336 g/mol. The van der Waals surface area contributed by atoms with Gasteiger partial charge in [0.25, 0.3) is 0 Å². The van der Waals surface area contributed by atoms with E-state index in [4.69, 9.17) is 0 Å². The van der Waals surface area contributed by atoms with E-state index in [2.05, 4.69) is 55.9 Å². The zero-order valence-corrected chi connectivity index (χ0v) is 16.1. The molecular weight excluding hydrogens is 309 g/mol. The first-order valence-corrected chi connectivity index (χ1v) is 9.04. The minimum absolute atomic E-state index is 0.0943. The topological polar surface area (TPSA) is 3.88 Å². The van der Waals surface area contributed by atoms with Gasteiger partial charge < -0.3 is 0 Å². The van der Waals surface area contributed by atoms with Crippen LogP contribution in [0.25, 0.3) is 22.0 Å². The van der Waals surface area contributed by atoms with E-state index in [1.54, 1.807) is 0 Å². The molecule has 0 radical (unpaired) electrons. The van der Waals surface area contributed by atoms with Gasteiger partial charge in [-0.2, -0.15) is 0 Å². The number of hydrogen-bond acceptors (Lipinski definition) is 0.